The van der Waals surface area contributed by atoms with E-state index in [-0.39, 0.29) is 23.9 Å². The van der Waals surface area contributed by atoms with E-state index in [1.165, 1.54) is 19.5 Å². The second-order valence-electron chi connectivity index (χ2n) is 7.24. The van der Waals surface area contributed by atoms with Crippen molar-refractivity contribution in [2.24, 2.45) is 0 Å². The minimum Gasteiger partial charge on any atom is -0.494 e. The average Bonchev–Trinajstić information content (AvgIpc) is 3.63. The van der Waals surface area contributed by atoms with Gasteiger partial charge < -0.3 is 28.9 Å². The lowest BCUT2D eigenvalue weighted by atomic mass is 10.1. The largest absolute Gasteiger partial charge is 0.643 e. The number of carbonyl (C=O) groups is 4. The standard InChI is InChI=1S/C12H11ClN2O4.C8H7ClN2O.C4H5ClO3.Al.3ClH/c1-3-19-12(17)10(16)6-4-14-9-8(6)7(18-2)5-15-11(9)13;1-12-6-4-11-8(9)7-5(6)2-3-10-7;1-2-8-4(7)3(5)6;;;;/h4-5,14H,3H2,1-2H3;2-4,10H,1H3;2H2,1H3;;3*1H/q;;;+3;;;/p-3. The van der Waals surface area contributed by atoms with Gasteiger partial charge in [0.25, 0.3) is 5.78 Å². The van der Waals surface area contributed by atoms with Gasteiger partial charge in [-0.25, -0.2) is 49.7 Å². The van der Waals surface area contributed by atoms with E-state index in [1.807, 2.05) is 6.07 Å². The van der Waals surface area contributed by atoms with Crippen molar-refractivity contribution in [3.63, 3.8) is 0 Å². The van der Waals surface area contributed by atoms with Gasteiger partial charge in [0.15, 0.2) is 10.3 Å². The Balaban J connectivity index is 0.000000329. The Morgan fingerprint density at radius 3 is 1.84 bits per heavy atom. The second-order valence-corrected chi connectivity index (χ2v) is 14.7. The lowest BCUT2D eigenvalue weighted by molar-refractivity contribution is -0.149. The Morgan fingerprint density at radius 1 is 0.837 bits per heavy atom. The molecule has 0 saturated heterocycles. The average molecular weight is 735 g/mol. The van der Waals surface area contributed by atoms with Crippen molar-refractivity contribution in [1.82, 2.24) is 19.9 Å². The van der Waals surface area contributed by atoms with E-state index >= 15 is 0 Å². The maximum Gasteiger partial charge on any atom is 0.643 e. The molecule has 0 unspecified atom stereocenters. The maximum atomic E-state index is 12.0. The van der Waals surface area contributed by atoms with Gasteiger partial charge in [0.2, 0.25) is 0 Å². The van der Waals surface area contributed by atoms with Crippen LogP contribution in [-0.2, 0) is 23.9 Å². The number of nitrogens with zero attached hydrogens (tertiary/aromatic N) is 2. The van der Waals surface area contributed by atoms with Crippen LogP contribution in [0.3, 0.4) is 0 Å². The molecule has 2 N–H and O–H groups in total. The summed E-state index contributed by atoms with van der Waals surface area (Å²) in [6.45, 7) is 3.53. The molecule has 4 aromatic rings. The zero-order valence-corrected chi connectivity index (χ0v) is 28.5. The number of ether oxygens (including phenoxy) is 4. The summed E-state index contributed by atoms with van der Waals surface area (Å²) >= 11 is 14.7. The van der Waals surface area contributed by atoms with Gasteiger partial charge in [0.05, 0.1) is 61.8 Å². The number of esters is 2. The highest BCUT2D eigenvalue weighted by Gasteiger charge is 2.24. The molecule has 0 atom stereocenters. The molecule has 0 spiro atoms. The summed E-state index contributed by atoms with van der Waals surface area (Å²) in [6.07, 6.45) is 6.19. The monoisotopic (exact) mass is 732 g/mol. The first kappa shape index (κ1) is 38.6. The number of hydrogen-bond acceptors (Lipinski definition) is 10. The Hall–Kier alpha value is -2.47. The summed E-state index contributed by atoms with van der Waals surface area (Å²) < 4.78 is 19.1. The third kappa shape index (κ3) is 11.9. The third-order valence-electron chi connectivity index (χ3n) is 4.72. The SMILES string of the molecule is CCOC(=O)C(=O)Cl.CCOC(=O)C(=O)c1c[nH]c2c(Cl)ncc(OC)c12.COc1cnc(Cl)c2[nH]ccc12.[Cl][Al]([Cl])[Cl]. The summed E-state index contributed by atoms with van der Waals surface area (Å²) in [4.78, 5) is 57.0. The van der Waals surface area contributed by atoms with Crippen LogP contribution in [0.5, 0.6) is 11.5 Å². The molecule has 0 aromatic carbocycles. The first-order valence-corrected chi connectivity index (χ1v) is 18.1. The molecular weight excluding hydrogens is 712 g/mol. The Labute approximate surface area is 277 Å². The van der Waals surface area contributed by atoms with E-state index in [2.05, 4.69) is 29.4 Å². The van der Waals surface area contributed by atoms with Gasteiger partial charge in [-0.2, -0.15) is 0 Å². The molecule has 0 amide bonds. The molecule has 19 heteroatoms. The molecule has 0 saturated carbocycles. The number of pyridine rings is 2. The second kappa shape index (κ2) is 19.7. The van der Waals surface area contributed by atoms with Crippen molar-refractivity contribution in [3.05, 3.63) is 46.7 Å². The number of nitrogens with one attached hydrogen (secondary N) is 2. The van der Waals surface area contributed by atoms with Crippen molar-refractivity contribution in [1.29, 1.82) is 0 Å². The predicted octanol–water partition coefficient (Wildman–Crippen LogP) is 6.20. The highest BCUT2D eigenvalue weighted by molar-refractivity contribution is 7.54. The fourth-order valence-corrected chi connectivity index (χ4v) is 3.53. The van der Waals surface area contributed by atoms with Gasteiger partial charge >= 0.3 is 28.6 Å². The van der Waals surface area contributed by atoms with E-state index in [0.29, 0.717) is 21.8 Å². The molecule has 0 aliphatic rings. The van der Waals surface area contributed by atoms with Crippen LogP contribution in [0.15, 0.2) is 30.9 Å². The number of hydrogen-bond donors (Lipinski definition) is 2. The molecule has 0 fully saturated rings. The molecular formula is C24H23AlCl6N4O8. The van der Waals surface area contributed by atoms with Gasteiger partial charge in [-0.3, -0.25) is 9.59 Å². The number of ketones is 1. The van der Waals surface area contributed by atoms with Crippen LogP contribution in [0.25, 0.3) is 21.8 Å². The molecule has 0 aliphatic heterocycles. The normalized spacial score (nSPS) is 9.72. The van der Waals surface area contributed by atoms with Crippen molar-refractivity contribution in [2.75, 3.05) is 27.4 Å². The number of aromatic amines is 2. The molecule has 0 bridgehead atoms. The summed E-state index contributed by atoms with van der Waals surface area (Å²) in [5, 5.41) is 0.958. The fraction of sp³-hybridized carbons (Fsp3) is 0.250. The zero-order chi connectivity index (χ0) is 32.7. The van der Waals surface area contributed by atoms with Gasteiger partial charge in [0.1, 0.15) is 11.5 Å². The number of H-pyrrole nitrogens is 2. The highest BCUT2D eigenvalue weighted by Crippen LogP contribution is 2.32. The number of rotatable bonds is 7. The number of carbonyl (C=O) groups excluding carboxylic acids is 4. The number of halogens is 6. The van der Waals surface area contributed by atoms with Gasteiger partial charge in [-0.05, 0) is 31.5 Å². The van der Waals surface area contributed by atoms with E-state index in [4.69, 9.17) is 74.4 Å². The highest BCUT2D eigenvalue weighted by atomic mass is 35.8. The predicted molar refractivity (Wildman–Crippen MR) is 167 cm³/mol. The van der Waals surface area contributed by atoms with Crippen LogP contribution in [0.1, 0.15) is 24.2 Å². The molecule has 4 aromatic heterocycles. The van der Waals surface area contributed by atoms with Crippen LogP contribution < -0.4 is 9.47 Å². The van der Waals surface area contributed by atoms with Crippen LogP contribution >= 0.6 is 65.0 Å². The summed E-state index contributed by atoms with van der Waals surface area (Å²) in [7, 11) is 17.9. The molecule has 4 rings (SSSR count). The van der Waals surface area contributed by atoms with Crippen molar-refractivity contribution >= 4 is 121 Å². The molecule has 0 radical (unpaired) electrons. The maximum absolute atomic E-state index is 12.0. The Morgan fingerprint density at radius 2 is 1.35 bits per heavy atom. The van der Waals surface area contributed by atoms with Crippen LogP contribution in [-0.4, -0.2) is 81.7 Å². The fourth-order valence-electron chi connectivity index (χ4n) is 3.07. The van der Waals surface area contributed by atoms with E-state index in [1.54, 1.807) is 33.4 Å². The van der Waals surface area contributed by atoms with Crippen molar-refractivity contribution in [2.45, 2.75) is 13.8 Å². The number of aromatic nitrogens is 4. The van der Waals surface area contributed by atoms with Crippen molar-refractivity contribution in [3.8, 4) is 11.5 Å². The summed E-state index contributed by atoms with van der Waals surface area (Å²) in [6, 6.07) is 1.90. The van der Waals surface area contributed by atoms with Gasteiger partial charge in [0, 0.05) is 17.8 Å². The minimum atomic E-state index is -1.72. The smallest absolute Gasteiger partial charge is 0.494 e. The zero-order valence-electron chi connectivity index (χ0n) is 22.8. The molecule has 4 heterocycles. The van der Waals surface area contributed by atoms with E-state index < -0.39 is 34.3 Å². The first-order valence-electron chi connectivity index (χ1n) is 11.7. The quantitative estimate of drug-likeness (QED) is 0.0559. The Bertz CT molecular complexity index is 1550. The molecule has 12 nitrogen and oxygen atoms in total. The number of methoxy groups -OCH3 is 2. The summed E-state index contributed by atoms with van der Waals surface area (Å²) in [5.74, 6) is -1.58. The van der Waals surface area contributed by atoms with Crippen LogP contribution in [0, 0.1) is 0 Å². The third-order valence-corrected chi connectivity index (χ3v) is 5.45. The minimum absolute atomic E-state index is 0.131. The van der Waals surface area contributed by atoms with E-state index in [9.17, 15) is 19.2 Å². The lowest BCUT2D eigenvalue weighted by Gasteiger charge is -2.04. The lowest BCUT2D eigenvalue weighted by Crippen LogP contribution is -2.17. The van der Waals surface area contributed by atoms with Gasteiger partial charge in [-0.1, -0.05) is 23.2 Å². The number of fused-ring (bicyclic) bond motifs is 2. The molecule has 232 valence electrons. The van der Waals surface area contributed by atoms with Crippen molar-refractivity contribution < 1.29 is 38.1 Å². The first-order chi connectivity index (χ1) is 20.3. The van der Waals surface area contributed by atoms with Gasteiger partial charge in [-0.15, -0.1) is 0 Å². The topological polar surface area (TPSA) is 163 Å². The Kier molecular flexibility index (Phi) is 17.7. The molecule has 43 heavy (non-hydrogen) atoms. The van der Waals surface area contributed by atoms with Crippen LogP contribution in [0.4, 0.5) is 0 Å². The number of Topliss-reactive ketones (excluding diaryl/α,β-unsaturated/α-hetero) is 1. The van der Waals surface area contributed by atoms with E-state index in [0.717, 1.165) is 16.7 Å². The van der Waals surface area contributed by atoms with Crippen LogP contribution in [0.2, 0.25) is 10.3 Å². The summed E-state index contributed by atoms with van der Waals surface area (Å²) in [5.41, 5.74) is 1.40. The molecule has 0 aliphatic carbocycles.